The number of allylic oxidation sites excluding steroid dienone is 2. The van der Waals surface area contributed by atoms with Gasteiger partial charge in [0.25, 0.3) is 0 Å². The third-order valence-electron chi connectivity index (χ3n) is 2.33. The maximum atomic E-state index is 5.21. The van der Waals surface area contributed by atoms with E-state index in [2.05, 4.69) is 16.3 Å². The molecule has 0 bridgehead atoms. The van der Waals surface area contributed by atoms with Gasteiger partial charge in [0.15, 0.2) is 0 Å². The van der Waals surface area contributed by atoms with Gasteiger partial charge in [0, 0.05) is 32.7 Å². The number of ether oxygens (including phenoxy) is 1. The van der Waals surface area contributed by atoms with Crippen LogP contribution >= 0.6 is 0 Å². The van der Waals surface area contributed by atoms with Crippen molar-refractivity contribution in [1.82, 2.24) is 10.2 Å². The second-order valence-corrected chi connectivity index (χ2v) is 3.36. The second-order valence-electron chi connectivity index (χ2n) is 3.36. The normalized spacial score (nSPS) is 20.3. The number of rotatable bonds is 4. The van der Waals surface area contributed by atoms with Gasteiger partial charge in [-0.05, 0) is 19.1 Å². The van der Waals surface area contributed by atoms with Crippen molar-refractivity contribution in [3.05, 3.63) is 24.0 Å². The number of piperazine rings is 1. The summed E-state index contributed by atoms with van der Waals surface area (Å²) in [5, 5.41) is 3.33. The predicted octanol–water partition coefficient (Wildman–Crippen LogP) is 0.998. The molecule has 0 aromatic carbocycles. The molecule has 1 fully saturated rings. The zero-order valence-electron chi connectivity index (χ0n) is 9.12. The Morgan fingerprint density at radius 3 is 2.71 bits per heavy atom. The molecule has 0 spiro atoms. The van der Waals surface area contributed by atoms with Crippen molar-refractivity contribution < 1.29 is 4.74 Å². The topological polar surface area (TPSA) is 24.5 Å². The summed E-state index contributed by atoms with van der Waals surface area (Å²) >= 11 is 0. The Hall–Kier alpha value is -0.800. The fourth-order valence-electron chi connectivity index (χ4n) is 1.50. The summed E-state index contributed by atoms with van der Waals surface area (Å²) in [7, 11) is 1.71. The average Bonchev–Trinajstić information content (AvgIpc) is 2.25. The van der Waals surface area contributed by atoms with Gasteiger partial charge in [-0.1, -0.05) is 6.08 Å². The van der Waals surface area contributed by atoms with Gasteiger partial charge in [0.2, 0.25) is 0 Å². The minimum atomic E-state index is 0.950. The van der Waals surface area contributed by atoms with Gasteiger partial charge in [0.1, 0.15) is 5.76 Å². The molecule has 0 aliphatic carbocycles. The highest BCUT2D eigenvalue weighted by atomic mass is 16.5. The Labute approximate surface area is 86.4 Å². The van der Waals surface area contributed by atoms with Gasteiger partial charge >= 0.3 is 0 Å². The lowest BCUT2D eigenvalue weighted by Crippen LogP contribution is -2.43. The fourth-order valence-corrected chi connectivity index (χ4v) is 1.50. The van der Waals surface area contributed by atoms with Crippen LogP contribution in [0.3, 0.4) is 0 Å². The molecule has 0 aromatic heterocycles. The van der Waals surface area contributed by atoms with Gasteiger partial charge in [-0.3, -0.25) is 4.90 Å². The maximum absolute atomic E-state index is 5.21. The lowest BCUT2D eigenvalue weighted by atomic mass is 10.3. The smallest absolute Gasteiger partial charge is 0.115 e. The summed E-state index contributed by atoms with van der Waals surface area (Å²) in [6.07, 6.45) is 6.11. The van der Waals surface area contributed by atoms with E-state index in [1.54, 1.807) is 7.11 Å². The van der Waals surface area contributed by atoms with Crippen molar-refractivity contribution in [2.75, 3.05) is 39.8 Å². The number of methoxy groups -OCH3 is 1. The van der Waals surface area contributed by atoms with Crippen LogP contribution in [0.25, 0.3) is 0 Å². The van der Waals surface area contributed by atoms with E-state index in [0.717, 1.165) is 38.5 Å². The van der Waals surface area contributed by atoms with Crippen molar-refractivity contribution in [1.29, 1.82) is 0 Å². The molecule has 0 aromatic rings. The first-order chi connectivity index (χ1) is 6.86. The van der Waals surface area contributed by atoms with Gasteiger partial charge in [-0.15, -0.1) is 0 Å². The summed E-state index contributed by atoms with van der Waals surface area (Å²) in [5.41, 5.74) is 0. The zero-order chi connectivity index (χ0) is 10.2. The zero-order valence-corrected chi connectivity index (χ0v) is 9.12. The Bertz CT molecular complexity index is 205. The van der Waals surface area contributed by atoms with Crippen molar-refractivity contribution in [3.8, 4) is 0 Å². The van der Waals surface area contributed by atoms with Crippen LogP contribution in [-0.2, 0) is 4.74 Å². The third kappa shape index (κ3) is 3.94. The van der Waals surface area contributed by atoms with Crippen LogP contribution in [0.15, 0.2) is 24.0 Å². The van der Waals surface area contributed by atoms with Crippen molar-refractivity contribution >= 4 is 0 Å². The van der Waals surface area contributed by atoms with Crippen LogP contribution in [0.4, 0.5) is 0 Å². The highest BCUT2D eigenvalue weighted by Crippen LogP contribution is 2.00. The summed E-state index contributed by atoms with van der Waals surface area (Å²) in [5.74, 6) is 0.950. The van der Waals surface area contributed by atoms with Crippen LogP contribution in [0.5, 0.6) is 0 Å². The monoisotopic (exact) mass is 196 g/mol. The lowest BCUT2D eigenvalue weighted by Gasteiger charge is -2.25. The molecule has 0 radical (unpaired) electrons. The average molecular weight is 196 g/mol. The molecule has 80 valence electrons. The first-order valence-electron chi connectivity index (χ1n) is 5.16. The molecule has 3 heteroatoms. The first-order valence-corrected chi connectivity index (χ1v) is 5.16. The molecule has 0 amide bonds. The molecule has 1 saturated heterocycles. The van der Waals surface area contributed by atoms with Crippen molar-refractivity contribution in [2.45, 2.75) is 6.92 Å². The van der Waals surface area contributed by atoms with E-state index in [9.17, 15) is 0 Å². The quantitative estimate of drug-likeness (QED) is 0.536. The maximum Gasteiger partial charge on any atom is 0.115 e. The van der Waals surface area contributed by atoms with E-state index >= 15 is 0 Å². The molecular formula is C11H20N2O. The SMILES string of the molecule is C/C=C\C(=C/CN1CCNCC1)OC. The molecule has 1 aliphatic rings. The van der Waals surface area contributed by atoms with E-state index in [1.807, 2.05) is 19.1 Å². The standard InChI is InChI=1S/C11H20N2O/c1-3-4-11(14-2)5-8-13-9-6-12-7-10-13/h3-5,12H,6-10H2,1-2H3/b4-3-,11-5+. The molecule has 0 saturated carbocycles. The third-order valence-corrected chi connectivity index (χ3v) is 2.33. The number of hydrogen-bond donors (Lipinski definition) is 1. The molecule has 14 heavy (non-hydrogen) atoms. The Morgan fingerprint density at radius 1 is 1.43 bits per heavy atom. The second kappa shape index (κ2) is 6.62. The fraction of sp³-hybridized carbons (Fsp3) is 0.636. The molecule has 0 unspecified atom stereocenters. The Morgan fingerprint density at radius 2 is 2.14 bits per heavy atom. The molecule has 0 atom stereocenters. The van der Waals surface area contributed by atoms with Crippen LogP contribution in [0.2, 0.25) is 0 Å². The molecule has 1 heterocycles. The predicted molar refractivity (Wildman–Crippen MR) is 59.2 cm³/mol. The largest absolute Gasteiger partial charge is 0.497 e. The minimum absolute atomic E-state index is 0.950. The first kappa shape index (κ1) is 11.3. The van der Waals surface area contributed by atoms with Gasteiger partial charge < -0.3 is 10.1 Å². The van der Waals surface area contributed by atoms with Crippen LogP contribution in [-0.4, -0.2) is 44.7 Å². The molecule has 1 aliphatic heterocycles. The summed E-state index contributed by atoms with van der Waals surface area (Å²) < 4.78 is 5.21. The van der Waals surface area contributed by atoms with E-state index < -0.39 is 0 Å². The van der Waals surface area contributed by atoms with Crippen molar-refractivity contribution in [3.63, 3.8) is 0 Å². The summed E-state index contributed by atoms with van der Waals surface area (Å²) in [6.45, 7) is 7.43. The summed E-state index contributed by atoms with van der Waals surface area (Å²) in [6, 6.07) is 0. The number of nitrogens with zero attached hydrogens (tertiary/aromatic N) is 1. The van der Waals surface area contributed by atoms with E-state index in [-0.39, 0.29) is 0 Å². The molecule has 1 N–H and O–H groups in total. The van der Waals surface area contributed by atoms with Gasteiger partial charge in [-0.2, -0.15) is 0 Å². The van der Waals surface area contributed by atoms with Crippen LogP contribution in [0.1, 0.15) is 6.92 Å². The van der Waals surface area contributed by atoms with E-state index in [4.69, 9.17) is 4.74 Å². The van der Waals surface area contributed by atoms with Crippen LogP contribution < -0.4 is 5.32 Å². The number of hydrogen-bond acceptors (Lipinski definition) is 3. The highest BCUT2D eigenvalue weighted by molar-refractivity contribution is 5.11. The number of nitrogens with one attached hydrogen (secondary N) is 1. The molecular weight excluding hydrogens is 176 g/mol. The molecule has 3 nitrogen and oxygen atoms in total. The summed E-state index contributed by atoms with van der Waals surface area (Å²) in [4.78, 5) is 2.42. The minimum Gasteiger partial charge on any atom is -0.497 e. The van der Waals surface area contributed by atoms with Gasteiger partial charge in [0.05, 0.1) is 7.11 Å². The van der Waals surface area contributed by atoms with E-state index in [1.165, 1.54) is 0 Å². The molecule has 1 rings (SSSR count). The van der Waals surface area contributed by atoms with Gasteiger partial charge in [-0.25, -0.2) is 0 Å². The van der Waals surface area contributed by atoms with Crippen LogP contribution in [0, 0.1) is 0 Å². The van der Waals surface area contributed by atoms with E-state index in [0.29, 0.717) is 0 Å². The lowest BCUT2D eigenvalue weighted by molar-refractivity contribution is 0.256. The Balaban J connectivity index is 2.34. The Kier molecular flexibility index (Phi) is 5.33. The highest BCUT2D eigenvalue weighted by Gasteiger charge is 2.07. The van der Waals surface area contributed by atoms with Crippen molar-refractivity contribution in [2.24, 2.45) is 0 Å².